The maximum Gasteiger partial charge on any atom is 0.240 e. The number of halogens is 1. The smallest absolute Gasteiger partial charge is 0.207 e. The van der Waals surface area contributed by atoms with E-state index in [4.69, 9.17) is 11.6 Å². The Kier molecular flexibility index (Phi) is 4.37. The van der Waals surface area contributed by atoms with E-state index in [2.05, 4.69) is 14.9 Å². The van der Waals surface area contributed by atoms with Crippen LogP contribution in [0.2, 0.25) is 5.02 Å². The summed E-state index contributed by atoms with van der Waals surface area (Å²) in [4.78, 5) is 0.133. The molecule has 20 heavy (non-hydrogen) atoms. The first-order valence-electron chi connectivity index (χ1n) is 5.93. The lowest BCUT2D eigenvalue weighted by atomic mass is 10.2. The van der Waals surface area contributed by atoms with Gasteiger partial charge >= 0.3 is 0 Å². The predicted octanol–water partition coefficient (Wildman–Crippen LogP) is 2.23. The highest BCUT2D eigenvalue weighted by molar-refractivity contribution is 7.89. The van der Waals surface area contributed by atoms with Crippen molar-refractivity contribution in [1.29, 1.82) is 0 Å². The number of aromatic nitrogens is 2. The summed E-state index contributed by atoms with van der Waals surface area (Å²) in [5.74, 6) is 0. The van der Waals surface area contributed by atoms with Gasteiger partial charge in [0.1, 0.15) is 0 Å². The number of nitrogens with one attached hydrogen (secondary N) is 1. The van der Waals surface area contributed by atoms with Gasteiger partial charge < -0.3 is 0 Å². The van der Waals surface area contributed by atoms with Gasteiger partial charge in [-0.2, -0.15) is 10.2 Å². The van der Waals surface area contributed by atoms with Crippen molar-refractivity contribution in [1.82, 2.24) is 14.9 Å². The van der Waals surface area contributed by atoms with Crippen LogP contribution in [0.25, 0.3) is 0 Å². The summed E-state index contributed by atoms with van der Waals surface area (Å²) in [5.41, 5.74) is 2.16. The third-order valence-electron chi connectivity index (χ3n) is 2.75. The van der Waals surface area contributed by atoms with Crippen LogP contribution in [-0.2, 0) is 16.6 Å². The average molecular weight is 312 g/mol. The highest BCUT2D eigenvalue weighted by Gasteiger charge is 2.15. The Labute approximate surface area is 123 Å². The van der Waals surface area contributed by atoms with E-state index in [0.717, 1.165) is 11.3 Å². The molecule has 1 N–H and O–H groups in total. The topological polar surface area (TPSA) is 72.0 Å². The summed E-state index contributed by atoms with van der Waals surface area (Å²) < 4.78 is 26.7. The van der Waals surface area contributed by atoms with Gasteiger partial charge in [0.15, 0.2) is 0 Å². The fourth-order valence-corrected chi connectivity index (χ4v) is 2.78. The van der Waals surface area contributed by atoms with Gasteiger partial charge in [-0.15, -0.1) is 0 Å². The Hall–Kier alpha value is -1.50. The number of sulfonamides is 1. The van der Waals surface area contributed by atoms with Crippen LogP contribution >= 0.6 is 11.6 Å². The Balaban J connectivity index is 2.14. The van der Waals surface area contributed by atoms with Crippen LogP contribution in [0, 0.1) is 13.8 Å². The minimum absolute atomic E-state index is 0.0844. The normalized spacial score (nSPS) is 11.6. The Morgan fingerprint density at radius 3 is 2.50 bits per heavy atom. The van der Waals surface area contributed by atoms with Gasteiger partial charge in [0, 0.05) is 5.02 Å². The van der Waals surface area contributed by atoms with Gasteiger partial charge in [-0.3, -0.25) is 0 Å². The van der Waals surface area contributed by atoms with Gasteiger partial charge in [-0.05, 0) is 43.7 Å². The highest BCUT2D eigenvalue weighted by atomic mass is 35.5. The van der Waals surface area contributed by atoms with E-state index in [9.17, 15) is 8.42 Å². The zero-order valence-corrected chi connectivity index (χ0v) is 12.7. The van der Waals surface area contributed by atoms with Gasteiger partial charge in [0.2, 0.25) is 10.0 Å². The molecule has 2 aromatic rings. The number of rotatable bonds is 4. The van der Waals surface area contributed by atoms with Crippen molar-refractivity contribution >= 4 is 21.6 Å². The third-order valence-corrected chi connectivity index (χ3v) is 4.56. The maximum atomic E-state index is 12.1. The molecule has 0 fully saturated rings. The standard InChI is InChI=1S/C13H14ClN3O2S/c1-9-3-6-12(7-13(9)14)20(18,19)15-8-11-5-4-10(2)16-17-11/h3-7,15H,8H2,1-2H3. The molecular formula is C13H14ClN3O2S. The molecule has 0 radical (unpaired) electrons. The van der Waals surface area contributed by atoms with Crippen LogP contribution in [0.15, 0.2) is 35.2 Å². The molecule has 5 nitrogen and oxygen atoms in total. The molecule has 0 bridgehead atoms. The quantitative estimate of drug-likeness (QED) is 0.940. The number of nitrogens with zero attached hydrogens (tertiary/aromatic N) is 2. The summed E-state index contributed by atoms with van der Waals surface area (Å²) in [6, 6.07) is 8.12. The molecule has 1 aromatic carbocycles. The summed E-state index contributed by atoms with van der Waals surface area (Å²) in [5, 5.41) is 8.20. The average Bonchev–Trinajstić information content (AvgIpc) is 2.41. The molecule has 7 heteroatoms. The van der Waals surface area contributed by atoms with Crippen LogP contribution in [0.5, 0.6) is 0 Å². The molecule has 0 atom stereocenters. The molecule has 0 unspecified atom stereocenters. The lowest BCUT2D eigenvalue weighted by Gasteiger charge is -2.07. The van der Waals surface area contributed by atoms with Gasteiger partial charge in [0.25, 0.3) is 0 Å². The first kappa shape index (κ1) is 14.9. The minimum atomic E-state index is -3.61. The van der Waals surface area contributed by atoms with E-state index in [0.29, 0.717) is 10.7 Å². The van der Waals surface area contributed by atoms with Crippen molar-refractivity contribution in [2.24, 2.45) is 0 Å². The number of benzene rings is 1. The summed E-state index contributed by atoms with van der Waals surface area (Å²) >= 11 is 5.94. The van der Waals surface area contributed by atoms with Crippen molar-refractivity contribution < 1.29 is 8.42 Å². The number of hydrogen-bond donors (Lipinski definition) is 1. The second kappa shape index (κ2) is 5.87. The van der Waals surface area contributed by atoms with E-state index < -0.39 is 10.0 Å². The highest BCUT2D eigenvalue weighted by Crippen LogP contribution is 2.19. The SMILES string of the molecule is Cc1ccc(CNS(=O)(=O)c2ccc(C)c(Cl)c2)nn1. The summed E-state index contributed by atoms with van der Waals surface area (Å²) in [6.07, 6.45) is 0. The van der Waals surface area contributed by atoms with E-state index in [-0.39, 0.29) is 11.4 Å². The second-order valence-electron chi connectivity index (χ2n) is 4.40. The summed E-state index contributed by atoms with van der Waals surface area (Å²) in [7, 11) is -3.61. The molecule has 0 aliphatic rings. The number of hydrogen-bond acceptors (Lipinski definition) is 4. The van der Waals surface area contributed by atoms with Crippen molar-refractivity contribution in [3.8, 4) is 0 Å². The molecule has 1 heterocycles. The monoisotopic (exact) mass is 311 g/mol. The van der Waals surface area contributed by atoms with Crippen LogP contribution in [0.4, 0.5) is 0 Å². The molecule has 0 aliphatic carbocycles. The minimum Gasteiger partial charge on any atom is -0.207 e. The van der Waals surface area contributed by atoms with E-state index >= 15 is 0 Å². The first-order chi connectivity index (χ1) is 9.38. The fraction of sp³-hybridized carbons (Fsp3) is 0.231. The molecule has 0 saturated carbocycles. The van der Waals surface area contributed by atoms with Crippen LogP contribution in [-0.4, -0.2) is 18.6 Å². The fourth-order valence-electron chi connectivity index (χ4n) is 1.51. The van der Waals surface area contributed by atoms with Crippen LogP contribution < -0.4 is 4.72 Å². The van der Waals surface area contributed by atoms with Gasteiger partial charge in [0.05, 0.1) is 22.8 Å². The molecule has 0 aliphatic heterocycles. The maximum absolute atomic E-state index is 12.1. The van der Waals surface area contributed by atoms with Gasteiger partial charge in [-0.1, -0.05) is 17.7 Å². The lowest BCUT2D eigenvalue weighted by molar-refractivity contribution is 0.580. The molecular weight excluding hydrogens is 298 g/mol. The Morgan fingerprint density at radius 1 is 1.15 bits per heavy atom. The summed E-state index contributed by atoms with van der Waals surface area (Å²) in [6.45, 7) is 3.71. The molecule has 106 valence electrons. The molecule has 0 saturated heterocycles. The second-order valence-corrected chi connectivity index (χ2v) is 6.58. The van der Waals surface area contributed by atoms with Crippen molar-refractivity contribution in [2.75, 3.05) is 0 Å². The Morgan fingerprint density at radius 2 is 1.90 bits per heavy atom. The molecule has 0 amide bonds. The van der Waals surface area contributed by atoms with Gasteiger partial charge in [-0.25, -0.2) is 13.1 Å². The Bertz CT molecular complexity index is 715. The van der Waals surface area contributed by atoms with E-state index in [1.807, 2.05) is 13.8 Å². The van der Waals surface area contributed by atoms with E-state index in [1.54, 1.807) is 18.2 Å². The third kappa shape index (κ3) is 3.53. The first-order valence-corrected chi connectivity index (χ1v) is 7.79. The van der Waals surface area contributed by atoms with Crippen LogP contribution in [0.3, 0.4) is 0 Å². The molecule has 1 aromatic heterocycles. The molecule has 2 rings (SSSR count). The lowest BCUT2D eigenvalue weighted by Crippen LogP contribution is -2.24. The van der Waals surface area contributed by atoms with Crippen molar-refractivity contribution in [3.05, 3.63) is 52.3 Å². The largest absolute Gasteiger partial charge is 0.240 e. The van der Waals surface area contributed by atoms with Crippen molar-refractivity contribution in [3.63, 3.8) is 0 Å². The van der Waals surface area contributed by atoms with Crippen LogP contribution in [0.1, 0.15) is 17.0 Å². The number of aryl methyl sites for hydroxylation is 2. The predicted molar refractivity (Wildman–Crippen MR) is 77.0 cm³/mol. The molecule has 0 spiro atoms. The van der Waals surface area contributed by atoms with Crippen molar-refractivity contribution in [2.45, 2.75) is 25.3 Å². The zero-order chi connectivity index (χ0) is 14.8. The van der Waals surface area contributed by atoms with E-state index in [1.165, 1.54) is 12.1 Å². The zero-order valence-electron chi connectivity index (χ0n) is 11.1.